The van der Waals surface area contributed by atoms with Gasteiger partial charge in [0.1, 0.15) is 0 Å². The van der Waals surface area contributed by atoms with Crippen molar-refractivity contribution in [1.29, 1.82) is 0 Å². The lowest BCUT2D eigenvalue weighted by Gasteiger charge is -2.28. The second-order valence-electron chi connectivity index (χ2n) is 17.2. The number of hydrogen-bond donors (Lipinski definition) is 0. The number of fused-ring (bicyclic) bond motifs is 6. The van der Waals surface area contributed by atoms with Crippen LogP contribution in [0.15, 0.2) is 188 Å². The molecule has 0 amide bonds. The molecule has 8 aromatic carbocycles. The molecule has 0 atom stereocenters. The Hall–Kier alpha value is -6.90. The Morgan fingerprint density at radius 3 is 1.00 bits per heavy atom. The van der Waals surface area contributed by atoms with E-state index in [0.717, 1.165) is 22.7 Å². The summed E-state index contributed by atoms with van der Waals surface area (Å²) in [4.78, 5) is 4.72. The van der Waals surface area contributed by atoms with Crippen LogP contribution in [0.2, 0.25) is 0 Å². The topological polar surface area (TPSA) is 6.48 Å². The second-order valence-corrected chi connectivity index (χ2v) is 17.2. The average Bonchev–Trinajstić information content (AvgIpc) is 3.63. The van der Waals surface area contributed by atoms with Crippen molar-refractivity contribution in [2.45, 2.75) is 45.4 Å². The van der Waals surface area contributed by atoms with Gasteiger partial charge in [-0.25, -0.2) is 0 Å². The van der Waals surface area contributed by atoms with Crippen LogP contribution in [0.3, 0.4) is 0 Å². The second kappa shape index (κ2) is 14.2. The van der Waals surface area contributed by atoms with Crippen molar-refractivity contribution >= 4 is 46.3 Å². The van der Waals surface area contributed by atoms with Crippen LogP contribution in [0.25, 0.3) is 34.4 Å². The molecule has 2 aliphatic rings. The third-order valence-corrected chi connectivity index (χ3v) is 12.7. The van der Waals surface area contributed by atoms with E-state index in [9.17, 15) is 0 Å². The average molecular weight is 761 g/mol. The molecule has 0 unspecified atom stereocenters. The van der Waals surface area contributed by atoms with Gasteiger partial charge in [-0.2, -0.15) is 0 Å². The molecule has 286 valence electrons. The van der Waals surface area contributed by atoms with Gasteiger partial charge in [-0.05, 0) is 135 Å². The highest BCUT2D eigenvalue weighted by Gasteiger charge is 2.37. The molecule has 0 heterocycles. The molecule has 59 heavy (non-hydrogen) atoms. The summed E-state index contributed by atoms with van der Waals surface area (Å²) in [6.45, 7) is 11.6. The molecule has 0 aliphatic heterocycles. The summed E-state index contributed by atoms with van der Waals surface area (Å²) in [6.07, 6.45) is 4.57. The lowest BCUT2D eigenvalue weighted by Crippen LogP contribution is -2.16. The van der Waals surface area contributed by atoms with Crippen molar-refractivity contribution in [3.8, 4) is 22.3 Å². The van der Waals surface area contributed by atoms with E-state index in [0.29, 0.717) is 0 Å². The maximum atomic E-state index is 2.41. The highest BCUT2D eigenvalue weighted by Crippen LogP contribution is 2.53. The van der Waals surface area contributed by atoms with Gasteiger partial charge in [0.25, 0.3) is 0 Å². The normalized spacial score (nSPS) is 14.1. The van der Waals surface area contributed by atoms with E-state index in [1.807, 2.05) is 0 Å². The Morgan fingerprint density at radius 1 is 0.322 bits per heavy atom. The smallest absolute Gasteiger partial charge is 0.0465 e. The number of nitrogens with zero attached hydrogens (tertiary/aromatic N) is 2. The minimum absolute atomic E-state index is 0.151. The van der Waals surface area contributed by atoms with Crippen LogP contribution < -0.4 is 9.80 Å². The van der Waals surface area contributed by atoms with Gasteiger partial charge in [-0.3, -0.25) is 0 Å². The van der Waals surface area contributed by atoms with Gasteiger partial charge in [-0.15, -0.1) is 0 Å². The summed E-state index contributed by atoms with van der Waals surface area (Å²) >= 11 is 0. The quantitative estimate of drug-likeness (QED) is 0.142. The molecule has 2 nitrogen and oxygen atoms in total. The van der Waals surface area contributed by atoms with Crippen LogP contribution >= 0.6 is 0 Å². The maximum Gasteiger partial charge on any atom is 0.0465 e. The minimum Gasteiger partial charge on any atom is -0.310 e. The fourth-order valence-corrected chi connectivity index (χ4v) is 9.48. The molecule has 2 aliphatic carbocycles. The van der Waals surface area contributed by atoms with Crippen LogP contribution in [-0.4, -0.2) is 0 Å². The molecule has 0 spiro atoms. The number of rotatable bonds is 8. The summed E-state index contributed by atoms with van der Waals surface area (Å²) in [5, 5.41) is 0. The molecule has 0 saturated heterocycles. The standard InChI is InChI=1S/C57H48N2/c1-39-21-27-45(28-22-39)59(44-19-13-8-14-20-44)47-30-34-51-49-32-26-41(36-53(49)57(4,5)55(51)38-47)24-23-40-25-31-48-50-33-29-46(37-54(50)56(2,3)52(48)35-40)58(42-15-9-6-10-16-42)43-17-11-7-12-18-43/h6-38H,1-5H3. The number of hydrogen-bond acceptors (Lipinski definition) is 2. The lowest BCUT2D eigenvalue weighted by atomic mass is 9.81. The first kappa shape index (κ1) is 36.4. The third-order valence-electron chi connectivity index (χ3n) is 12.7. The van der Waals surface area contributed by atoms with Gasteiger partial charge in [0.05, 0.1) is 0 Å². The number of benzene rings is 8. The number of para-hydroxylation sites is 3. The van der Waals surface area contributed by atoms with Crippen molar-refractivity contribution in [1.82, 2.24) is 0 Å². The van der Waals surface area contributed by atoms with Crippen LogP contribution in [0.4, 0.5) is 34.1 Å². The summed E-state index contributed by atoms with van der Waals surface area (Å²) in [5.41, 5.74) is 21.1. The molecule has 0 aromatic heterocycles. The molecule has 2 heteroatoms. The Morgan fingerprint density at radius 2 is 0.627 bits per heavy atom. The molecule has 0 bridgehead atoms. The van der Waals surface area contributed by atoms with E-state index >= 15 is 0 Å². The predicted octanol–water partition coefficient (Wildman–Crippen LogP) is 15.7. The first-order valence-corrected chi connectivity index (χ1v) is 20.8. The zero-order valence-electron chi connectivity index (χ0n) is 34.4. The molecule has 0 N–H and O–H groups in total. The fraction of sp³-hybridized carbons (Fsp3) is 0.123. The molecule has 8 aromatic rings. The van der Waals surface area contributed by atoms with Crippen LogP contribution in [0, 0.1) is 6.92 Å². The SMILES string of the molecule is Cc1ccc(N(c2ccccc2)c2ccc3c(c2)C(C)(C)c2cc(C=Cc4ccc5c(c4)C(C)(C)c4cc(N(c6ccccc6)c6ccccc6)ccc4-5)ccc2-3)cc1. The highest BCUT2D eigenvalue weighted by atomic mass is 15.1. The Labute approximate surface area is 349 Å². The van der Waals surface area contributed by atoms with Crippen molar-refractivity contribution in [3.05, 3.63) is 227 Å². The monoisotopic (exact) mass is 760 g/mol. The van der Waals surface area contributed by atoms with Crippen LogP contribution in [0.5, 0.6) is 0 Å². The van der Waals surface area contributed by atoms with E-state index in [1.54, 1.807) is 0 Å². The third kappa shape index (κ3) is 6.28. The van der Waals surface area contributed by atoms with Crippen molar-refractivity contribution in [2.24, 2.45) is 0 Å². The minimum atomic E-state index is -0.154. The number of anilines is 6. The molecule has 10 rings (SSSR count). The Bertz CT molecular complexity index is 2830. The van der Waals surface area contributed by atoms with Gasteiger partial charge in [0.2, 0.25) is 0 Å². The lowest BCUT2D eigenvalue weighted by molar-refractivity contribution is 0.660. The van der Waals surface area contributed by atoms with Gasteiger partial charge >= 0.3 is 0 Å². The zero-order valence-corrected chi connectivity index (χ0v) is 34.4. The van der Waals surface area contributed by atoms with E-state index in [2.05, 4.69) is 245 Å². The van der Waals surface area contributed by atoms with Crippen molar-refractivity contribution in [3.63, 3.8) is 0 Å². The molecular weight excluding hydrogens is 713 g/mol. The summed E-state index contributed by atoms with van der Waals surface area (Å²) < 4.78 is 0. The van der Waals surface area contributed by atoms with Gasteiger partial charge in [0.15, 0.2) is 0 Å². The molecular formula is C57H48N2. The molecule has 0 fully saturated rings. The first-order valence-electron chi connectivity index (χ1n) is 20.8. The van der Waals surface area contributed by atoms with Gasteiger partial charge in [-0.1, -0.05) is 161 Å². The van der Waals surface area contributed by atoms with E-state index < -0.39 is 0 Å². The molecule has 0 radical (unpaired) electrons. The van der Waals surface area contributed by atoms with Gasteiger partial charge < -0.3 is 9.80 Å². The van der Waals surface area contributed by atoms with E-state index in [-0.39, 0.29) is 10.8 Å². The Kier molecular flexibility index (Phi) is 8.76. The van der Waals surface area contributed by atoms with Crippen LogP contribution in [0.1, 0.15) is 66.6 Å². The van der Waals surface area contributed by atoms with Gasteiger partial charge in [0, 0.05) is 45.0 Å². The Balaban J connectivity index is 0.941. The molecule has 0 saturated carbocycles. The fourth-order valence-electron chi connectivity index (χ4n) is 9.48. The summed E-state index contributed by atoms with van der Waals surface area (Å²) in [5.74, 6) is 0. The van der Waals surface area contributed by atoms with Crippen molar-refractivity contribution in [2.75, 3.05) is 9.80 Å². The van der Waals surface area contributed by atoms with E-state index in [1.165, 1.54) is 72.6 Å². The zero-order chi connectivity index (χ0) is 40.3. The predicted molar refractivity (Wildman–Crippen MR) is 251 cm³/mol. The van der Waals surface area contributed by atoms with Crippen LogP contribution in [-0.2, 0) is 10.8 Å². The maximum absolute atomic E-state index is 2.41. The summed E-state index contributed by atoms with van der Waals surface area (Å²) in [6, 6.07) is 68.9. The highest BCUT2D eigenvalue weighted by molar-refractivity contribution is 5.89. The largest absolute Gasteiger partial charge is 0.310 e. The first-order chi connectivity index (χ1) is 28.7. The van der Waals surface area contributed by atoms with E-state index in [4.69, 9.17) is 0 Å². The van der Waals surface area contributed by atoms with Crippen molar-refractivity contribution < 1.29 is 0 Å². The number of aryl methyl sites for hydroxylation is 1. The summed E-state index contributed by atoms with van der Waals surface area (Å²) in [7, 11) is 0.